The highest BCUT2D eigenvalue weighted by Gasteiger charge is 2.24. The van der Waals surface area contributed by atoms with Crippen molar-refractivity contribution in [1.82, 2.24) is 0 Å². The second kappa shape index (κ2) is 6.64. The Morgan fingerprint density at radius 3 is 2.41 bits per heavy atom. The Morgan fingerprint density at radius 1 is 1.24 bits per heavy atom. The Hall–Kier alpha value is -1.03. The van der Waals surface area contributed by atoms with Gasteiger partial charge in [-0.25, -0.2) is 0 Å². The van der Waals surface area contributed by atoms with Gasteiger partial charge in [0.1, 0.15) is 11.5 Å². The number of ether oxygens (including phenoxy) is 1. The molecule has 1 N–H and O–H groups in total. The van der Waals surface area contributed by atoms with E-state index in [9.17, 15) is 9.67 Å². The third-order valence-electron chi connectivity index (χ3n) is 1.86. The largest absolute Gasteiger partial charge is 0.508 e. The summed E-state index contributed by atoms with van der Waals surface area (Å²) >= 11 is 0. The Morgan fingerprint density at radius 2 is 1.88 bits per heavy atom. The summed E-state index contributed by atoms with van der Waals surface area (Å²) in [7, 11) is -3.20. The zero-order valence-electron chi connectivity index (χ0n) is 9.96. The molecule has 0 aliphatic heterocycles. The molecule has 17 heavy (non-hydrogen) atoms. The number of hydrogen-bond donors (Lipinski definition) is 1. The first kappa shape index (κ1) is 14.0. The van der Waals surface area contributed by atoms with Crippen molar-refractivity contribution in [3.63, 3.8) is 0 Å². The minimum absolute atomic E-state index is 0.0881. The average molecular weight is 260 g/mol. The van der Waals surface area contributed by atoms with Gasteiger partial charge in [0, 0.05) is 6.07 Å². The normalized spacial score (nSPS) is 11.4. The third-order valence-corrected chi connectivity index (χ3v) is 3.61. The Labute approximate surface area is 101 Å². The van der Waals surface area contributed by atoms with E-state index in [2.05, 4.69) is 0 Å². The lowest BCUT2D eigenvalue weighted by atomic mass is 10.3. The molecule has 96 valence electrons. The van der Waals surface area contributed by atoms with Crippen LogP contribution in [0.3, 0.4) is 0 Å². The van der Waals surface area contributed by atoms with Crippen molar-refractivity contribution in [3.8, 4) is 11.5 Å². The molecule has 0 unspecified atom stereocenters. The monoisotopic (exact) mass is 260 g/mol. The summed E-state index contributed by atoms with van der Waals surface area (Å²) in [5.74, 6) is 0.509. The van der Waals surface area contributed by atoms with E-state index in [0.717, 1.165) is 0 Å². The molecule has 6 heteroatoms. The summed E-state index contributed by atoms with van der Waals surface area (Å²) in [6, 6.07) is 6.25. The van der Waals surface area contributed by atoms with Crippen LogP contribution in [0.2, 0.25) is 0 Å². The SMILES string of the molecule is CCOP(=O)(COc1cccc(O)c1)OCC. The highest BCUT2D eigenvalue weighted by molar-refractivity contribution is 7.53. The van der Waals surface area contributed by atoms with E-state index in [1.165, 1.54) is 12.1 Å². The quantitative estimate of drug-likeness (QED) is 0.763. The van der Waals surface area contributed by atoms with Gasteiger partial charge >= 0.3 is 7.60 Å². The summed E-state index contributed by atoms with van der Waals surface area (Å²) in [6.45, 7) is 4.06. The summed E-state index contributed by atoms with van der Waals surface area (Å²) in [4.78, 5) is 0. The van der Waals surface area contributed by atoms with Gasteiger partial charge in [0.05, 0.1) is 13.2 Å². The van der Waals surface area contributed by atoms with Gasteiger partial charge < -0.3 is 18.9 Å². The van der Waals surface area contributed by atoms with Gasteiger partial charge in [-0.1, -0.05) is 6.07 Å². The molecule has 0 heterocycles. The predicted molar refractivity (Wildman–Crippen MR) is 64.5 cm³/mol. The first-order valence-corrected chi connectivity index (χ1v) is 7.12. The zero-order valence-corrected chi connectivity index (χ0v) is 10.9. The predicted octanol–water partition coefficient (Wildman–Crippen LogP) is 2.99. The highest BCUT2D eigenvalue weighted by Crippen LogP contribution is 2.47. The lowest BCUT2D eigenvalue weighted by molar-refractivity contribution is 0.196. The van der Waals surface area contributed by atoms with Gasteiger partial charge in [-0.2, -0.15) is 0 Å². The van der Waals surface area contributed by atoms with Crippen LogP contribution in [-0.4, -0.2) is 24.7 Å². The fraction of sp³-hybridized carbons (Fsp3) is 0.455. The number of aromatic hydroxyl groups is 1. The van der Waals surface area contributed by atoms with E-state index in [0.29, 0.717) is 19.0 Å². The Kier molecular flexibility index (Phi) is 5.48. The van der Waals surface area contributed by atoms with E-state index in [1.807, 2.05) is 0 Å². The van der Waals surface area contributed by atoms with Crippen molar-refractivity contribution in [2.24, 2.45) is 0 Å². The van der Waals surface area contributed by atoms with Gasteiger partial charge in [-0.05, 0) is 26.0 Å². The third kappa shape index (κ3) is 4.77. The molecule has 0 amide bonds. The number of rotatable bonds is 7. The molecule has 0 aromatic heterocycles. The highest BCUT2D eigenvalue weighted by atomic mass is 31.2. The molecule has 0 saturated carbocycles. The fourth-order valence-corrected chi connectivity index (χ4v) is 2.55. The average Bonchev–Trinajstić information content (AvgIpc) is 2.27. The van der Waals surface area contributed by atoms with Crippen molar-refractivity contribution in [1.29, 1.82) is 0 Å². The molecule has 0 fully saturated rings. The fourth-order valence-electron chi connectivity index (χ4n) is 1.23. The molecular weight excluding hydrogens is 243 g/mol. The van der Waals surface area contributed by atoms with Crippen LogP contribution in [-0.2, 0) is 13.6 Å². The van der Waals surface area contributed by atoms with Gasteiger partial charge in [-0.15, -0.1) is 0 Å². The van der Waals surface area contributed by atoms with E-state index < -0.39 is 7.60 Å². The van der Waals surface area contributed by atoms with Gasteiger partial charge in [-0.3, -0.25) is 4.57 Å². The van der Waals surface area contributed by atoms with Crippen LogP contribution in [0, 0.1) is 0 Å². The first-order chi connectivity index (χ1) is 8.09. The molecule has 0 aliphatic rings. The van der Waals surface area contributed by atoms with Crippen LogP contribution in [0.15, 0.2) is 24.3 Å². The Balaban J connectivity index is 2.60. The second-order valence-corrected chi connectivity index (χ2v) is 5.21. The van der Waals surface area contributed by atoms with Crippen LogP contribution >= 0.6 is 7.60 Å². The molecule has 0 saturated heterocycles. The zero-order chi connectivity index (χ0) is 12.7. The second-order valence-electron chi connectivity index (χ2n) is 3.22. The maximum absolute atomic E-state index is 12.0. The minimum atomic E-state index is -3.20. The van der Waals surface area contributed by atoms with Crippen LogP contribution in [0.25, 0.3) is 0 Å². The van der Waals surface area contributed by atoms with E-state index >= 15 is 0 Å². The van der Waals surface area contributed by atoms with Crippen molar-refractivity contribution < 1.29 is 23.5 Å². The lowest BCUT2D eigenvalue weighted by Crippen LogP contribution is -2.05. The minimum Gasteiger partial charge on any atom is -0.508 e. The van der Waals surface area contributed by atoms with Crippen molar-refractivity contribution in [2.75, 3.05) is 19.6 Å². The molecule has 1 aromatic rings. The Bertz CT molecular complexity index is 383. The van der Waals surface area contributed by atoms with Crippen molar-refractivity contribution >= 4 is 7.60 Å². The van der Waals surface area contributed by atoms with Gasteiger partial charge in [0.2, 0.25) is 0 Å². The molecule has 0 radical (unpaired) electrons. The maximum Gasteiger partial charge on any atom is 0.367 e. The standard InChI is InChI=1S/C11H17O5P/c1-3-15-17(13,16-4-2)9-14-11-7-5-6-10(12)8-11/h5-8,12H,3-4,9H2,1-2H3. The van der Waals surface area contributed by atoms with Crippen molar-refractivity contribution in [2.45, 2.75) is 13.8 Å². The topological polar surface area (TPSA) is 65.0 Å². The van der Waals surface area contributed by atoms with Gasteiger partial charge in [0.15, 0.2) is 6.35 Å². The molecule has 0 bridgehead atoms. The molecule has 5 nitrogen and oxygen atoms in total. The van der Waals surface area contributed by atoms with Crippen LogP contribution in [0.1, 0.15) is 13.8 Å². The molecule has 0 aliphatic carbocycles. The van der Waals surface area contributed by atoms with Gasteiger partial charge in [0.25, 0.3) is 0 Å². The number of phenols is 1. The number of phenolic OH excluding ortho intramolecular Hbond substituents is 1. The van der Waals surface area contributed by atoms with Crippen molar-refractivity contribution in [3.05, 3.63) is 24.3 Å². The molecular formula is C11H17O5P. The molecule has 0 spiro atoms. The molecule has 0 atom stereocenters. The lowest BCUT2D eigenvalue weighted by Gasteiger charge is -2.17. The summed E-state index contributed by atoms with van der Waals surface area (Å²) < 4.78 is 27.5. The van der Waals surface area contributed by atoms with Crippen LogP contribution in [0.5, 0.6) is 11.5 Å². The van der Waals surface area contributed by atoms with E-state index in [-0.39, 0.29) is 12.1 Å². The summed E-state index contributed by atoms with van der Waals surface area (Å²) in [5.41, 5.74) is 0. The van der Waals surface area contributed by atoms with Crippen LogP contribution in [0.4, 0.5) is 0 Å². The van der Waals surface area contributed by atoms with Crippen LogP contribution < -0.4 is 4.74 Å². The first-order valence-electron chi connectivity index (χ1n) is 5.39. The smallest absolute Gasteiger partial charge is 0.367 e. The molecule has 1 rings (SSSR count). The summed E-state index contributed by atoms with van der Waals surface area (Å²) in [6.07, 6.45) is -0.169. The molecule has 1 aromatic carbocycles. The maximum atomic E-state index is 12.0. The number of hydrogen-bond acceptors (Lipinski definition) is 5. The number of benzene rings is 1. The van der Waals surface area contributed by atoms with E-state index in [4.69, 9.17) is 13.8 Å². The summed E-state index contributed by atoms with van der Waals surface area (Å²) in [5, 5.41) is 9.24. The van der Waals surface area contributed by atoms with E-state index in [1.54, 1.807) is 26.0 Å².